The minimum absolute atomic E-state index is 0.229. The molecule has 4 heteroatoms. The van der Waals surface area contributed by atoms with Crippen molar-refractivity contribution in [1.29, 1.82) is 0 Å². The van der Waals surface area contributed by atoms with Crippen LogP contribution in [0.4, 0.5) is 5.69 Å². The molecule has 0 aromatic carbocycles. The van der Waals surface area contributed by atoms with Gasteiger partial charge in [-0.1, -0.05) is 5.92 Å². The SMILES string of the molecule is Cc1c(N(C)C)c(C#CC#CCCCCO)nn1C. The lowest BCUT2D eigenvalue weighted by molar-refractivity contribution is 0.285. The molecule has 1 heterocycles. The molecular weight excluding hydrogens is 238 g/mol. The molecule has 1 rings (SSSR count). The van der Waals surface area contributed by atoms with Gasteiger partial charge in [0.2, 0.25) is 0 Å². The van der Waals surface area contributed by atoms with Crippen LogP contribution in [0.1, 0.15) is 30.7 Å². The molecule has 0 saturated carbocycles. The lowest BCUT2D eigenvalue weighted by Gasteiger charge is -2.11. The Bertz CT molecular complexity index is 535. The van der Waals surface area contributed by atoms with Gasteiger partial charge in [-0.25, -0.2) is 0 Å². The molecule has 1 aromatic rings. The maximum absolute atomic E-state index is 8.64. The minimum Gasteiger partial charge on any atom is -0.396 e. The molecule has 102 valence electrons. The van der Waals surface area contributed by atoms with E-state index in [2.05, 4.69) is 28.8 Å². The summed E-state index contributed by atoms with van der Waals surface area (Å²) in [5, 5.41) is 13.0. The molecule has 1 aromatic heterocycles. The summed E-state index contributed by atoms with van der Waals surface area (Å²) in [4.78, 5) is 2.01. The van der Waals surface area contributed by atoms with Gasteiger partial charge in [0.05, 0.1) is 11.4 Å². The van der Waals surface area contributed by atoms with E-state index in [4.69, 9.17) is 5.11 Å². The van der Waals surface area contributed by atoms with E-state index in [0.29, 0.717) is 0 Å². The number of anilines is 1. The van der Waals surface area contributed by atoms with Crippen molar-refractivity contribution < 1.29 is 5.11 Å². The number of aliphatic hydroxyl groups excluding tert-OH is 1. The Kier molecular flexibility index (Phi) is 5.99. The Labute approximate surface area is 115 Å². The molecule has 4 nitrogen and oxygen atoms in total. The molecule has 0 radical (unpaired) electrons. The standard InChI is InChI=1S/C15H21N3O/c1-13-15(17(2)3)14(16-18(13)4)11-9-7-5-6-8-10-12-19/h19H,6,8,10,12H2,1-4H3. The number of aryl methyl sites for hydroxylation is 1. The van der Waals surface area contributed by atoms with Crippen LogP contribution in [-0.2, 0) is 7.05 Å². The summed E-state index contributed by atoms with van der Waals surface area (Å²) in [5.74, 6) is 11.6. The van der Waals surface area contributed by atoms with Crippen molar-refractivity contribution in [2.24, 2.45) is 7.05 Å². The minimum atomic E-state index is 0.229. The van der Waals surface area contributed by atoms with Crippen molar-refractivity contribution in [2.45, 2.75) is 26.2 Å². The van der Waals surface area contributed by atoms with Gasteiger partial charge in [0, 0.05) is 34.2 Å². The van der Waals surface area contributed by atoms with Gasteiger partial charge in [-0.2, -0.15) is 5.10 Å². The first-order valence-corrected chi connectivity index (χ1v) is 6.38. The van der Waals surface area contributed by atoms with E-state index in [1.54, 1.807) is 0 Å². The summed E-state index contributed by atoms with van der Waals surface area (Å²) in [7, 11) is 5.87. The van der Waals surface area contributed by atoms with Crippen LogP contribution < -0.4 is 4.90 Å². The van der Waals surface area contributed by atoms with Gasteiger partial charge < -0.3 is 10.0 Å². The zero-order valence-electron chi connectivity index (χ0n) is 12.1. The third kappa shape index (κ3) is 4.35. The average molecular weight is 259 g/mol. The molecule has 0 aliphatic heterocycles. The Hall–Kier alpha value is -1.91. The van der Waals surface area contributed by atoms with E-state index in [9.17, 15) is 0 Å². The van der Waals surface area contributed by atoms with E-state index in [0.717, 1.165) is 36.3 Å². The predicted molar refractivity (Wildman–Crippen MR) is 77.9 cm³/mol. The first kappa shape index (κ1) is 15.1. The molecule has 0 aliphatic rings. The van der Waals surface area contributed by atoms with Gasteiger partial charge in [-0.15, -0.1) is 0 Å². The molecule has 1 N–H and O–H groups in total. The average Bonchev–Trinajstić information content (AvgIpc) is 2.64. The van der Waals surface area contributed by atoms with Gasteiger partial charge in [0.15, 0.2) is 5.69 Å². The summed E-state index contributed by atoms with van der Waals surface area (Å²) in [6, 6.07) is 0. The fourth-order valence-corrected chi connectivity index (χ4v) is 1.74. The van der Waals surface area contributed by atoms with Crippen LogP contribution in [-0.4, -0.2) is 35.6 Å². The normalized spacial score (nSPS) is 9.32. The summed E-state index contributed by atoms with van der Waals surface area (Å²) in [5.41, 5.74) is 2.89. The third-order valence-electron chi connectivity index (χ3n) is 2.79. The second-order valence-corrected chi connectivity index (χ2v) is 4.53. The van der Waals surface area contributed by atoms with Crippen LogP contribution in [0.25, 0.3) is 0 Å². The lowest BCUT2D eigenvalue weighted by Crippen LogP contribution is -2.10. The maximum atomic E-state index is 8.64. The molecular formula is C15H21N3O. The highest BCUT2D eigenvalue weighted by molar-refractivity contribution is 5.61. The number of rotatable bonds is 4. The van der Waals surface area contributed by atoms with E-state index in [1.807, 2.05) is 37.6 Å². The monoisotopic (exact) mass is 259 g/mol. The smallest absolute Gasteiger partial charge is 0.159 e. The van der Waals surface area contributed by atoms with E-state index in [1.165, 1.54) is 0 Å². The number of hydrogen-bond acceptors (Lipinski definition) is 3. The molecule has 0 unspecified atom stereocenters. The van der Waals surface area contributed by atoms with Crippen LogP contribution in [0.3, 0.4) is 0 Å². The maximum Gasteiger partial charge on any atom is 0.159 e. The Morgan fingerprint density at radius 3 is 2.63 bits per heavy atom. The molecule has 0 bridgehead atoms. The predicted octanol–water partition coefficient (Wildman–Crippen LogP) is 1.31. The fraction of sp³-hybridized carbons (Fsp3) is 0.533. The van der Waals surface area contributed by atoms with E-state index >= 15 is 0 Å². The zero-order chi connectivity index (χ0) is 14.3. The zero-order valence-corrected chi connectivity index (χ0v) is 12.1. The molecule has 19 heavy (non-hydrogen) atoms. The van der Waals surface area contributed by atoms with E-state index < -0.39 is 0 Å². The van der Waals surface area contributed by atoms with Crippen molar-refractivity contribution in [1.82, 2.24) is 9.78 Å². The molecule has 0 saturated heterocycles. The largest absolute Gasteiger partial charge is 0.396 e. The Morgan fingerprint density at radius 1 is 1.26 bits per heavy atom. The van der Waals surface area contributed by atoms with Gasteiger partial charge in [0.1, 0.15) is 0 Å². The first-order chi connectivity index (χ1) is 9.07. The van der Waals surface area contributed by atoms with Gasteiger partial charge in [-0.3, -0.25) is 4.68 Å². The number of unbranched alkanes of at least 4 members (excludes halogenated alkanes) is 2. The highest BCUT2D eigenvalue weighted by Gasteiger charge is 2.12. The number of hydrogen-bond donors (Lipinski definition) is 1. The summed E-state index contributed by atoms with van der Waals surface area (Å²) in [6.45, 7) is 2.25. The highest BCUT2D eigenvalue weighted by atomic mass is 16.2. The third-order valence-corrected chi connectivity index (χ3v) is 2.79. The van der Waals surface area contributed by atoms with Crippen LogP contribution >= 0.6 is 0 Å². The topological polar surface area (TPSA) is 41.3 Å². The van der Waals surface area contributed by atoms with Gasteiger partial charge in [-0.05, 0) is 37.5 Å². The quantitative estimate of drug-likeness (QED) is 0.655. The number of aliphatic hydroxyl groups is 1. The van der Waals surface area contributed by atoms with Gasteiger partial charge >= 0.3 is 0 Å². The second kappa shape index (κ2) is 7.51. The highest BCUT2D eigenvalue weighted by Crippen LogP contribution is 2.21. The van der Waals surface area contributed by atoms with Crippen molar-refractivity contribution in [3.63, 3.8) is 0 Å². The summed E-state index contributed by atoms with van der Waals surface area (Å²) >= 11 is 0. The Balaban J connectivity index is 2.75. The fourth-order valence-electron chi connectivity index (χ4n) is 1.74. The molecule has 0 fully saturated rings. The summed E-state index contributed by atoms with van der Waals surface area (Å²) in [6.07, 6.45) is 2.49. The molecule has 0 amide bonds. The molecule has 0 spiro atoms. The van der Waals surface area contributed by atoms with Crippen LogP contribution in [0.15, 0.2) is 0 Å². The van der Waals surface area contributed by atoms with Crippen molar-refractivity contribution in [3.8, 4) is 23.7 Å². The summed E-state index contributed by atoms with van der Waals surface area (Å²) < 4.78 is 1.83. The Morgan fingerprint density at radius 2 is 2.00 bits per heavy atom. The van der Waals surface area contributed by atoms with Crippen LogP contribution in [0, 0.1) is 30.6 Å². The number of aromatic nitrogens is 2. The van der Waals surface area contributed by atoms with Crippen molar-refractivity contribution >= 4 is 5.69 Å². The van der Waals surface area contributed by atoms with Crippen molar-refractivity contribution in [2.75, 3.05) is 25.6 Å². The first-order valence-electron chi connectivity index (χ1n) is 6.38. The lowest BCUT2D eigenvalue weighted by atomic mass is 10.2. The molecule has 0 atom stereocenters. The number of nitrogens with zero attached hydrogens (tertiary/aromatic N) is 3. The van der Waals surface area contributed by atoms with Gasteiger partial charge in [0.25, 0.3) is 0 Å². The second-order valence-electron chi connectivity index (χ2n) is 4.53. The molecule has 0 aliphatic carbocycles. The van der Waals surface area contributed by atoms with Crippen LogP contribution in [0.2, 0.25) is 0 Å². The van der Waals surface area contributed by atoms with E-state index in [-0.39, 0.29) is 6.61 Å². The van der Waals surface area contributed by atoms with Crippen molar-refractivity contribution in [3.05, 3.63) is 11.4 Å². The van der Waals surface area contributed by atoms with Crippen LogP contribution in [0.5, 0.6) is 0 Å².